The number of hydrogen-bond donors (Lipinski definition) is 0. The van der Waals surface area contributed by atoms with Crippen molar-refractivity contribution in [3.8, 4) is 0 Å². The lowest BCUT2D eigenvalue weighted by molar-refractivity contribution is -0.129. The van der Waals surface area contributed by atoms with Crippen LogP contribution in [0.2, 0.25) is 5.02 Å². The van der Waals surface area contributed by atoms with Crippen molar-refractivity contribution in [3.63, 3.8) is 0 Å². The van der Waals surface area contributed by atoms with Gasteiger partial charge < -0.3 is 4.74 Å². The Morgan fingerprint density at radius 2 is 1.95 bits per heavy atom. The van der Waals surface area contributed by atoms with Crippen LogP contribution in [0.4, 0.5) is 0 Å². The van der Waals surface area contributed by atoms with Crippen LogP contribution in [0.25, 0.3) is 6.08 Å². The Kier molecular flexibility index (Phi) is 3.59. The zero-order valence-corrected chi connectivity index (χ0v) is 12.1. The van der Waals surface area contributed by atoms with Crippen LogP contribution >= 0.6 is 11.6 Å². The molecule has 0 aliphatic carbocycles. The maximum atomic E-state index is 11.9. The van der Waals surface area contributed by atoms with E-state index >= 15 is 0 Å². The van der Waals surface area contributed by atoms with E-state index in [1.165, 1.54) is 0 Å². The van der Waals surface area contributed by atoms with Crippen LogP contribution in [0.5, 0.6) is 0 Å². The van der Waals surface area contributed by atoms with Gasteiger partial charge in [0, 0.05) is 10.6 Å². The minimum Gasteiger partial charge on any atom is -0.402 e. The van der Waals surface area contributed by atoms with E-state index in [-0.39, 0.29) is 5.90 Å². The fraction of sp³-hybridized carbons (Fsp3) is 0.0588. The summed E-state index contributed by atoms with van der Waals surface area (Å²) in [6, 6.07) is 14.8. The van der Waals surface area contributed by atoms with Crippen molar-refractivity contribution in [1.82, 2.24) is 0 Å². The largest absolute Gasteiger partial charge is 0.402 e. The highest BCUT2D eigenvalue weighted by molar-refractivity contribution is 6.31. The molecule has 0 atom stereocenters. The fourth-order valence-corrected chi connectivity index (χ4v) is 2.24. The number of ether oxygens (including phenoxy) is 1. The lowest BCUT2D eigenvalue weighted by Crippen LogP contribution is -2.05. The molecule has 0 unspecified atom stereocenters. The van der Waals surface area contributed by atoms with Crippen molar-refractivity contribution in [1.29, 1.82) is 0 Å². The van der Waals surface area contributed by atoms with E-state index in [9.17, 15) is 4.79 Å². The highest BCUT2D eigenvalue weighted by atomic mass is 35.5. The SMILES string of the molecule is Cc1ccccc1/C=C1\N=C(c2cccc(Cl)c2)OC1=O. The zero-order chi connectivity index (χ0) is 14.8. The molecule has 0 saturated carbocycles. The third-order valence-electron chi connectivity index (χ3n) is 3.17. The topological polar surface area (TPSA) is 38.7 Å². The van der Waals surface area contributed by atoms with Crippen LogP contribution in [-0.4, -0.2) is 11.9 Å². The molecule has 2 aromatic carbocycles. The van der Waals surface area contributed by atoms with E-state index in [1.54, 1.807) is 30.3 Å². The molecule has 3 rings (SSSR count). The van der Waals surface area contributed by atoms with Gasteiger partial charge in [0.15, 0.2) is 5.70 Å². The number of hydrogen-bond acceptors (Lipinski definition) is 3. The summed E-state index contributed by atoms with van der Waals surface area (Å²) in [7, 11) is 0. The second-order valence-corrected chi connectivity index (χ2v) is 5.14. The maximum Gasteiger partial charge on any atom is 0.363 e. The summed E-state index contributed by atoms with van der Waals surface area (Å²) in [5.74, 6) is -0.171. The summed E-state index contributed by atoms with van der Waals surface area (Å²) < 4.78 is 5.21. The number of halogens is 1. The van der Waals surface area contributed by atoms with Crippen LogP contribution in [0, 0.1) is 6.92 Å². The Balaban J connectivity index is 1.98. The van der Waals surface area contributed by atoms with Crippen LogP contribution in [0.3, 0.4) is 0 Å². The summed E-state index contributed by atoms with van der Waals surface area (Å²) in [4.78, 5) is 16.2. The third-order valence-corrected chi connectivity index (χ3v) is 3.41. The second-order valence-electron chi connectivity index (χ2n) is 4.70. The van der Waals surface area contributed by atoms with Gasteiger partial charge in [0.1, 0.15) is 0 Å². The fourth-order valence-electron chi connectivity index (χ4n) is 2.05. The monoisotopic (exact) mass is 297 g/mol. The van der Waals surface area contributed by atoms with Crippen molar-refractivity contribution in [2.24, 2.45) is 4.99 Å². The van der Waals surface area contributed by atoms with Crippen LogP contribution in [0.15, 0.2) is 59.2 Å². The predicted molar refractivity (Wildman–Crippen MR) is 83.2 cm³/mol. The van der Waals surface area contributed by atoms with E-state index in [0.717, 1.165) is 11.1 Å². The van der Waals surface area contributed by atoms with Crippen LogP contribution < -0.4 is 0 Å². The molecule has 0 N–H and O–H groups in total. The molecule has 0 bridgehead atoms. The molecule has 0 radical (unpaired) electrons. The number of carbonyl (C=O) groups excluding carboxylic acids is 1. The summed E-state index contributed by atoms with van der Waals surface area (Å²) in [5.41, 5.74) is 2.99. The van der Waals surface area contributed by atoms with Gasteiger partial charge in [-0.3, -0.25) is 0 Å². The number of aryl methyl sites for hydroxylation is 1. The van der Waals surface area contributed by atoms with Gasteiger partial charge in [0.05, 0.1) is 0 Å². The predicted octanol–water partition coefficient (Wildman–Crippen LogP) is 3.99. The molecule has 104 valence electrons. The van der Waals surface area contributed by atoms with E-state index in [4.69, 9.17) is 16.3 Å². The highest BCUT2D eigenvalue weighted by Crippen LogP contribution is 2.21. The lowest BCUT2D eigenvalue weighted by Gasteiger charge is -1.99. The van der Waals surface area contributed by atoms with E-state index < -0.39 is 5.97 Å². The van der Waals surface area contributed by atoms with Gasteiger partial charge in [0.2, 0.25) is 5.90 Å². The van der Waals surface area contributed by atoms with E-state index in [0.29, 0.717) is 16.3 Å². The molecule has 1 aliphatic heterocycles. The smallest absolute Gasteiger partial charge is 0.363 e. The van der Waals surface area contributed by atoms with Crippen LogP contribution in [-0.2, 0) is 9.53 Å². The Morgan fingerprint density at radius 3 is 2.71 bits per heavy atom. The quantitative estimate of drug-likeness (QED) is 0.621. The minimum absolute atomic E-state index is 0.280. The molecule has 0 fully saturated rings. The minimum atomic E-state index is -0.451. The van der Waals surface area contributed by atoms with Crippen molar-refractivity contribution in [3.05, 3.63) is 75.9 Å². The van der Waals surface area contributed by atoms with E-state index in [2.05, 4.69) is 4.99 Å². The first-order valence-corrected chi connectivity index (χ1v) is 6.85. The first-order valence-electron chi connectivity index (χ1n) is 6.47. The summed E-state index contributed by atoms with van der Waals surface area (Å²) in [6.07, 6.45) is 1.73. The summed E-state index contributed by atoms with van der Waals surface area (Å²) in [5, 5.41) is 0.572. The number of carbonyl (C=O) groups is 1. The van der Waals surface area contributed by atoms with Crippen molar-refractivity contribution >= 4 is 29.5 Å². The normalized spacial score (nSPS) is 16.0. The average Bonchev–Trinajstić information content (AvgIpc) is 2.83. The number of benzene rings is 2. The highest BCUT2D eigenvalue weighted by Gasteiger charge is 2.24. The molecule has 0 saturated heterocycles. The Bertz CT molecular complexity index is 778. The molecule has 2 aromatic rings. The van der Waals surface area contributed by atoms with Crippen molar-refractivity contribution < 1.29 is 9.53 Å². The number of rotatable bonds is 2. The first-order chi connectivity index (χ1) is 10.1. The standard InChI is InChI=1S/C17H12ClNO2/c1-11-5-2-3-6-12(11)10-15-17(20)21-16(19-15)13-7-4-8-14(18)9-13/h2-10H,1H3/b15-10-. The first kappa shape index (κ1) is 13.6. The lowest BCUT2D eigenvalue weighted by atomic mass is 10.1. The Morgan fingerprint density at radius 1 is 1.14 bits per heavy atom. The molecular weight excluding hydrogens is 286 g/mol. The molecule has 0 aromatic heterocycles. The molecule has 3 nitrogen and oxygen atoms in total. The van der Waals surface area contributed by atoms with Gasteiger partial charge in [-0.15, -0.1) is 0 Å². The third kappa shape index (κ3) is 2.88. The summed E-state index contributed by atoms with van der Waals surface area (Å²) >= 11 is 5.94. The second kappa shape index (κ2) is 5.54. The van der Waals surface area contributed by atoms with Crippen molar-refractivity contribution in [2.45, 2.75) is 6.92 Å². The number of cyclic esters (lactones) is 1. The van der Waals surface area contributed by atoms with Gasteiger partial charge in [-0.2, -0.15) is 0 Å². The Hall–Kier alpha value is -2.39. The molecule has 1 heterocycles. The maximum absolute atomic E-state index is 11.9. The molecule has 21 heavy (non-hydrogen) atoms. The number of esters is 1. The number of aliphatic imine (C=N–C) groups is 1. The molecule has 0 spiro atoms. The van der Waals surface area contributed by atoms with E-state index in [1.807, 2.05) is 31.2 Å². The Labute approximate surface area is 127 Å². The van der Waals surface area contributed by atoms with Gasteiger partial charge in [-0.25, -0.2) is 9.79 Å². The summed E-state index contributed by atoms with van der Waals surface area (Å²) in [6.45, 7) is 1.98. The zero-order valence-electron chi connectivity index (χ0n) is 11.3. The van der Waals surface area contributed by atoms with Gasteiger partial charge in [-0.05, 0) is 42.3 Å². The average molecular weight is 298 g/mol. The molecule has 0 amide bonds. The van der Waals surface area contributed by atoms with Gasteiger partial charge >= 0.3 is 5.97 Å². The van der Waals surface area contributed by atoms with Gasteiger partial charge in [0.25, 0.3) is 0 Å². The number of nitrogens with zero attached hydrogens (tertiary/aromatic N) is 1. The molecular formula is C17H12ClNO2. The van der Waals surface area contributed by atoms with Crippen LogP contribution in [0.1, 0.15) is 16.7 Å². The molecule has 1 aliphatic rings. The molecule has 4 heteroatoms. The van der Waals surface area contributed by atoms with Crippen molar-refractivity contribution in [2.75, 3.05) is 0 Å². The van der Waals surface area contributed by atoms with Gasteiger partial charge in [-0.1, -0.05) is 41.9 Å².